The first kappa shape index (κ1) is 15.6. The fourth-order valence-electron chi connectivity index (χ4n) is 2.23. The summed E-state index contributed by atoms with van der Waals surface area (Å²) in [7, 11) is 0. The van der Waals surface area contributed by atoms with Crippen LogP contribution in [0.2, 0.25) is 0 Å². The maximum atomic E-state index is 10.2. The van der Waals surface area contributed by atoms with Crippen LogP contribution < -0.4 is 5.32 Å². The number of aliphatic hydroxyl groups is 1. The Hall–Kier alpha value is -1.74. The van der Waals surface area contributed by atoms with Gasteiger partial charge in [0.25, 0.3) is 0 Å². The standard InChI is InChI=1S/C16H19N3OS/c1-10(16-11(2)19-12(3)21-16)18-9-15(20)14-6-4-13(8-17)5-7-14/h4-7,10,15,18,20H,9H2,1-3H3. The molecule has 5 heteroatoms. The van der Waals surface area contributed by atoms with Crippen LogP contribution >= 0.6 is 11.3 Å². The van der Waals surface area contributed by atoms with E-state index >= 15 is 0 Å². The zero-order valence-electron chi connectivity index (χ0n) is 12.4. The van der Waals surface area contributed by atoms with E-state index in [4.69, 9.17) is 5.26 Å². The number of aryl methyl sites for hydroxylation is 2. The number of rotatable bonds is 5. The minimum absolute atomic E-state index is 0.157. The predicted molar refractivity (Wildman–Crippen MR) is 84.1 cm³/mol. The highest BCUT2D eigenvalue weighted by atomic mass is 32.1. The highest BCUT2D eigenvalue weighted by Crippen LogP contribution is 2.25. The molecular formula is C16H19N3OS. The van der Waals surface area contributed by atoms with Gasteiger partial charge in [0.05, 0.1) is 28.4 Å². The quantitative estimate of drug-likeness (QED) is 0.890. The van der Waals surface area contributed by atoms with Crippen LogP contribution in [-0.4, -0.2) is 16.6 Å². The molecule has 4 nitrogen and oxygen atoms in total. The van der Waals surface area contributed by atoms with Crippen LogP contribution in [0.3, 0.4) is 0 Å². The van der Waals surface area contributed by atoms with Crippen molar-refractivity contribution < 1.29 is 5.11 Å². The van der Waals surface area contributed by atoms with E-state index in [1.54, 1.807) is 35.6 Å². The van der Waals surface area contributed by atoms with Gasteiger partial charge in [-0.2, -0.15) is 5.26 Å². The number of hydrogen-bond donors (Lipinski definition) is 2. The number of benzene rings is 1. The van der Waals surface area contributed by atoms with Crippen LogP contribution in [0.15, 0.2) is 24.3 Å². The van der Waals surface area contributed by atoms with Crippen molar-refractivity contribution in [2.24, 2.45) is 0 Å². The lowest BCUT2D eigenvalue weighted by Crippen LogP contribution is -2.24. The summed E-state index contributed by atoms with van der Waals surface area (Å²) >= 11 is 1.68. The van der Waals surface area contributed by atoms with Crippen molar-refractivity contribution in [3.63, 3.8) is 0 Å². The third kappa shape index (κ3) is 3.88. The average Bonchev–Trinajstić information content (AvgIpc) is 2.83. The van der Waals surface area contributed by atoms with Crippen molar-refractivity contribution in [3.05, 3.63) is 51.0 Å². The van der Waals surface area contributed by atoms with Gasteiger partial charge in [-0.25, -0.2) is 4.98 Å². The first-order valence-corrected chi connectivity index (χ1v) is 7.68. The van der Waals surface area contributed by atoms with Crippen LogP contribution in [0.5, 0.6) is 0 Å². The van der Waals surface area contributed by atoms with Crippen molar-refractivity contribution in [3.8, 4) is 6.07 Å². The topological polar surface area (TPSA) is 68.9 Å². The zero-order valence-corrected chi connectivity index (χ0v) is 13.2. The molecule has 2 unspecified atom stereocenters. The van der Waals surface area contributed by atoms with E-state index in [1.165, 1.54) is 4.88 Å². The fourth-order valence-corrected chi connectivity index (χ4v) is 3.18. The van der Waals surface area contributed by atoms with Gasteiger partial charge in [0.1, 0.15) is 0 Å². The summed E-state index contributed by atoms with van der Waals surface area (Å²) in [5, 5.41) is 23.4. The number of nitrogens with zero attached hydrogens (tertiary/aromatic N) is 2. The molecule has 1 aromatic carbocycles. The number of thiazole rings is 1. The van der Waals surface area contributed by atoms with Gasteiger partial charge in [-0.05, 0) is 38.5 Å². The molecule has 0 amide bonds. The molecule has 2 rings (SSSR count). The van der Waals surface area contributed by atoms with Crippen LogP contribution in [0.4, 0.5) is 0 Å². The Labute approximate surface area is 129 Å². The molecule has 0 saturated carbocycles. The summed E-state index contributed by atoms with van der Waals surface area (Å²) < 4.78 is 0. The van der Waals surface area contributed by atoms with E-state index in [1.807, 2.05) is 13.8 Å². The molecule has 0 saturated heterocycles. The largest absolute Gasteiger partial charge is 0.387 e. The van der Waals surface area contributed by atoms with Crippen molar-refractivity contribution in [1.29, 1.82) is 5.26 Å². The third-order valence-electron chi connectivity index (χ3n) is 3.37. The van der Waals surface area contributed by atoms with Gasteiger partial charge in [0, 0.05) is 17.5 Å². The van der Waals surface area contributed by atoms with E-state index in [2.05, 4.69) is 23.3 Å². The second-order valence-corrected chi connectivity index (χ2v) is 6.30. The van der Waals surface area contributed by atoms with Crippen LogP contribution in [-0.2, 0) is 0 Å². The van der Waals surface area contributed by atoms with Crippen molar-refractivity contribution in [2.45, 2.75) is 32.9 Å². The molecule has 0 bridgehead atoms. The summed E-state index contributed by atoms with van der Waals surface area (Å²) in [6.07, 6.45) is -0.588. The lowest BCUT2D eigenvalue weighted by molar-refractivity contribution is 0.171. The van der Waals surface area contributed by atoms with Crippen LogP contribution in [0, 0.1) is 25.2 Å². The summed E-state index contributed by atoms with van der Waals surface area (Å²) in [6, 6.07) is 9.25. The Morgan fingerprint density at radius 3 is 2.52 bits per heavy atom. The Morgan fingerprint density at radius 1 is 1.33 bits per heavy atom. The normalized spacial score (nSPS) is 13.7. The molecule has 0 spiro atoms. The first-order valence-electron chi connectivity index (χ1n) is 6.86. The molecule has 110 valence electrons. The Morgan fingerprint density at radius 2 is 2.00 bits per heavy atom. The second-order valence-electron chi connectivity index (χ2n) is 5.06. The Bertz CT molecular complexity index is 643. The van der Waals surface area contributed by atoms with Gasteiger partial charge >= 0.3 is 0 Å². The SMILES string of the molecule is Cc1nc(C)c(C(C)NCC(O)c2ccc(C#N)cc2)s1. The molecule has 0 aliphatic heterocycles. The number of nitriles is 1. The number of aliphatic hydroxyl groups excluding tert-OH is 1. The Balaban J connectivity index is 1.95. The van der Waals surface area contributed by atoms with Crippen molar-refractivity contribution >= 4 is 11.3 Å². The predicted octanol–water partition coefficient (Wildman–Crippen LogP) is 3.02. The number of nitrogens with one attached hydrogen (secondary N) is 1. The lowest BCUT2D eigenvalue weighted by Gasteiger charge is -2.17. The number of hydrogen-bond acceptors (Lipinski definition) is 5. The molecule has 2 N–H and O–H groups in total. The summed E-state index contributed by atoms with van der Waals surface area (Å²) in [4.78, 5) is 5.63. The van der Waals surface area contributed by atoms with Gasteiger partial charge < -0.3 is 10.4 Å². The summed E-state index contributed by atoms with van der Waals surface area (Å²) in [6.45, 7) is 6.54. The number of aromatic nitrogens is 1. The third-order valence-corrected chi connectivity index (χ3v) is 4.63. The van der Waals surface area contributed by atoms with E-state index in [0.717, 1.165) is 16.3 Å². The average molecular weight is 301 g/mol. The molecule has 21 heavy (non-hydrogen) atoms. The molecule has 2 aromatic rings. The molecule has 0 fully saturated rings. The molecule has 0 radical (unpaired) electrons. The van der Waals surface area contributed by atoms with Gasteiger partial charge in [-0.3, -0.25) is 0 Å². The minimum atomic E-state index is -0.588. The van der Waals surface area contributed by atoms with Gasteiger partial charge in [-0.1, -0.05) is 12.1 Å². The minimum Gasteiger partial charge on any atom is -0.387 e. The lowest BCUT2D eigenvalue weighted by atomic mass is 10.1. The van der Waals surface area contributed by atoms with E-state index < -0.39 is 6.10 Å². The molecule has 1 aromatic heterocycles. The Kier molecular flexibility index (Phi) is 5.07. The van der Waals surface area contributed by atoms with Gasteiger partial charge in [-0.15, -0.1) is 11.3 Å². The monoisotopic (exact) mass is 301 g/mol. The fraction of sp³-hybridized carbons (Fsp3) is 0.375. The summed E-state index contributed by atoms with van der Waals surface area (Å²) in [5.74, 6) is 0. The molecule has 1 heterocycles. The highest BCUT2D eigenvalue weighted by molar-refractivity contribution is 7.11. The van der Waals surface area contributed by atoms with Gasteiger partial charge in [0.15, 0.2) is 0 Å². The smallest absolute Gasteiger partial charge is 0.0991 e. The summed E-state index contributed by atoms with van der Waals surface area (Å²) in [5.41, 5.74) is 2.46. The van der Waals surface area contributed by atoms with Crippen LogP contribution in [0.1, 0.15) is 45.8 Å². The second kappa shape index (κ2) is 6.81. The molecule has 0 aliphatic rings. The van der Waals surface area contributed by atoms with Gasteiger partial charge in [0.2, 0.25) is 0 Å². The maximum absolute atomic E-state index is 10.2. The van der Waals surface area contributed by atoms with Crippen molar-refractivity contribution in [2.75, 3.05) is 6.54 Å². The zero-order chi connectivity index (χ0) is 15.4. The maximum Gasteiger partial charge on any atom is 0.0991 e. The van der Waals surface area contributed by atoms with Crippen molar-refractivity contribution in [1.82, 2.24) is 10.3 Å². The molecular weight excluding hydrogens is 282 g/mol. The van der Waals surface area contributed by atoms with E-state index in [0.29, 0.717) is 12.1 Å². The van der Waals surface area contributed by atoms with E-state index in [9.17, 15) is 5.11 Å². The van der Waals surface area contributed by atoms with E-state index in [-0.39, 0.29) is 6.04 Å². The molecule has 2 atom stereocenters. The van der Waals surface area contributed by atoms with Crippen LogP contribution in [0.25, 0.3) is 0 Å². The molecule has 0 aliphatic carbocycles. The first-order chi connectivity index (χ1) is 10.0. The highest BCUT2D eigenvalue weighted by Gasteiger charge is 2.14.